The van der Waals surface area contributed by atoms with Gasteiger partial charge in [0.2, 0.25) is 11.8 Å². The molecule has 0 aliphatic heterocycles. The maximum atomic E-state index is 13.9. The molecule has 0 heterocycles. The number of ether oxygens (including phenoxy) is 2. The number of hydrogen-bond donors (Lipinski definition) is 1. The van der Waals surface area contributed by atoms with Crippen molar-refractivity contribution >= 4 is 27.5 Å². The molecule has 1 N–H and O–H groups in total. The van der Waals surface area contributed by atoms with E-state index >= 15 is 0 Å². The first kappa shape index (κ1) is 30.5. The van der Waals surface area contributed by atoms with Crippen molar-refractivity contribution in [3.05, 3.63) is 84.4 Å². The molecule has 3 aromatic carbocycles. The molecule has 214 valence electrons. The van der Waals surface area contributed by atoms with Gasteiger partial charge in [0.1, 0.15) is 24.1 Å². The lowest BCUT2D eigenvalue weighted by atomic mass is 10.1. The Balaban J connectivity index is 2.00. The van der Waals surface area contributed by atoms with Gasteiger partial charge in [0, 0.05) is 12.6 Å². The summed E-state index contributed by atoms with van der Waals surface area (Å²) in [4.78, 5) is 28.3. The van der Waals surface area contributed by atoms with Crippen molar-refractivity contribution in [1.29, 1.82) is 0 Å². The van der Waals surface area contributed by atoms with Gasteiger partial charge in [-0.3, -0.25) is 13.9 Å². The quantitative estimate of drug-likeness (QED) is 0.332. The van der Waals surface area contributed by atoms with Crippen LogP contribution in [0.1, 0.15) is 33.3 Å². The van der Waals surface area contributed by atoms with Gasteiger partial charge in [-0.15, -0.1) is 0 Å². The Morgan fingerprint density at radius 1 is 0.900 bits per heavy atom. The first-order chi connectivity index (χ1) is 19.1. The van der Waals surface area contributed by atoms with Crippen LogP contribution in [0.3, 0.4) is 0 Å². The smallest absolute Gasteiger partial charge is 0.264 e. The highest BCUT2D eigenvalue weighted by atomic mass is 32.2. The van der Waals surface area contributed by atoms with Crippen molar-refractivity contribution in [1.82, 2.24) is 10.2 Å². The van der Waals surface area contributed by atoms with E-state index in [1.807, 2.05) is 26.8 Å². The first-order valence-electron chi connectivity index (χ1n) is 13.1. The van der Waals surface area contributed by atoms with Crippen LogP contribution in [0.2, 0.25) is 0 Å². The number of para-hydroxylation sites is 1. The molecule has 1 atom stereocenters. The Labute approximate surface area is 236 Å². The van der Waals surface area contributed by atoms with Crippen LogP contribution in [-0.2, 0) is 26.2 Å². The number of anilines is 1. The lowest BCUT2D eigenvalue weighted by Crippen LogP contribution is -2.52. The van der Waals surface area contributed by atoms with Gasteiger partial charge in [-0.1, -0.05) is 30.3 Å². The van der Waals surface area contributed by atoms with Gasteiger partial charge in [-0.05, 0) is 81.8 Å². The van der Waals surface area contributed by atoms with Crippen LogP contribution in [0.15, 0.2) is 83.8 Å². The summed E-state index contributed by atoms with van der Waals surface area (Å²) in [5, 5.41) is 2.84. The molecule has 10 heteroatoms. The lowest BCUT2D eigenvalue weighted by Gasteiger charge is -2.32. The Hall–Kier alpha value is -4.05. The number of nitrogens with one attached hydrogen (secondary N) is 1. The minimum Gasteiger partial charge on any atom is -0.497 e. The van der Waals surface area contributed by atoms with Gasteiger partial charge in [0.15, 0.2) is 0 Å². The maximum Gasteiger partial charge on any atom is 0.264 e. The summed E-state index contributed by atoms with van der Waals surface area (Å²) in [6, 6.07) is 20.7. The monoisotopic (exact) mass is 567 g/mol. The van der Waals surface area contributed by atoms with Crippen LogP contribution in [0.25, 0.3) is 0 Å². The molecular weight excluding hydrogens is 530 g/mol. The maximum absolute atomic E-state index is 13.9. The summed E-state index contributed by atoms with van der Waals surface area (Å²) in [5.74, 6) is 0.269. The largest absolute Gasteiger partial charge is 0.497 e. The number of carbonyl (C=O) groups is 2. The van der Waals surface area contributed by atoms with E-state index in [0.29, 0.717) is 23.8 Å². The number of benzene rings is 3. The fraction of sp³-hybridized carbons (Fsp3) is 0.333. The summed E-state index contributed by atoms with van der Waals surface area (Å²) >= 11 is 0. The van der Waals surface area contributed by atoms with Crippen LogP contribution in [0.4, 0.5) is 5.69 Å². The molecule has 1 unspecified atom stereocenters. The predicted octanol–water partition coefficient (Wildman–Crippen LogP) is 4.23. The Bertz CT molecular complexity index is 1380. The highest BCUT2D eigenvalue weighted by Gasteiger charge is 2.32. The highest BCUT2D eigenvalue weighted by Crippen LogP contribution is 2.26. The Kier molecular flexibility index (Phi) is 10.6. The van der Waals surface area contributed by atoms with Crippen molar-refractivity contribution in [2.75, 3.05) is 24.6 Å². The zero-order chi connectivity index (χ0) is 29.3. The van der Waals surface area contributed by atoms with E-state index in [4.69, 9.17) is 9.47 Å². The molecule has 0 aliphatic rings. The molecule has 0 spiro atoms. The zero-order valence-corrected chi connectivity index (χ0v) is 24.4. The van der Waals surface area contributed by atoms with Gasteiger partial charge in [-0.2, -0.15) is 0 Å². The Morgan fingerprint density at radius 2 is 1.57 bits per heavy atom. The lowest BCUT2D eigenvalue weighted by molar-refractivity contribution is -0.139. The number of rotatable bonds is 13. The van der Waals surface area contributed by atoms with Crippen molar-refractivity contribution in [2.24, 2.45) is 0 Å². The number of methoxy groups -OCH3 is 1. The molecule has 9 nitrogen and oxygen atoms in total. The molecule has 3 rings (SSSR count). The van der Waals surface area contributed by atoms with Crippen LogP contribution < -0.4 is 19.1 Å². The predicted molar refractivity (Wildman–Crippen MR) is 155 cm³/mol. The molecule has 3 aromatic rings. The van der Waals surface area contributed by atoms with E-state index in [1.54, 1.807) is 74.7 Å². The summed E-state index contributed by atoms with van der Waals surface area (Å²) in [6.45, 7) is 7.15. The standard InChI is InChI=1S/C30H37N3O6S/c1-6-39-26-15-17-28(18-16-26)40(36,37)33(25-12-8-7-9-13-25)21-29(34)32(23(4)30(35)31-22(2)3)20-24-11-10-14-27(19-24)38-5/h7-19,22-23H,6,20-21H2,1-5H3,(H,31,35). The summed E-state index contributed by atoms with van der Waals surface area (Å²) in [6.07, 6.45) is 0. The minimum atomic E-state index is -4.15. The topological polar surface area (TPSA) is 105 Å². The van der Waals surface area contributed by atoms with Gasteiger partial charge >= 0.3 is 0 Å². The van der Waals surface area contributed by atoms with Crippen molar-refractivity contribution in [2.45, 2.75) is 51.2 Å². The molecule has 0 saturated heterocycles. The van der Waals surface area contributed by atoms with E-state index < -0.39 is 28.5 Å². The second kappa shape index (κ2) is 13.8. The van der Waals surface area contributed by atoms with E-state index in [0.717, 1.165) is 9.87 Å². The summed E-state index contributed by atoms with van der Waals surface area (Å²) < 4.78 is 39.6. The minimum absolute atomic E-state index is 0.0116. The molecule has 0 saturated carbocycles. The third-order valence-electron chi connectivity index (χ3n) is 6.13. The van der Waals surface area contributed by atoms with Crippen molar-refractivity contribution in [3.63, 3.8) is 0 Å². The molecule has 0 fully saturated rings. The van der Waals surface area contributed by atoms with E-state index in [9.17, 15) is 18.0 Å². The van der Waals surface area contributed by atoms with Gasteiger partial charge in [0.05, 0.1) is 24.3 Å². The third kappa shape index (κ3) is 7.75. The molecule has 0 radical (unpaired) electrons. The molecule has 40 heavy (non-hydrogen) atoms. The second-order valence-corrected chi connectivity index (χ2v) is 11.3. The molecule has 0 aliphatic carbocycles. The van der Waals surface area contributed by atoms with E-state index in [1.165, 1.54) is 17.0 Å². The molecular formula is C30H37N3O6S. The SMILES string of the molecule is CCOc1ccc(S(=O)(=O)N(CC(=O)N(Cc2cccc(OC)c2)C(C)C(=O)NC(C)C)c2ccccc2)cc1. The fourth-order valence-electron chi connectivity index (χ4n) is 4.08. The van der Waals surface area contributed by atoms with E-state index in [-0.39, 0.29) is 23.4 Å². The normalized spacial score (nSPS) is 11.9. The molecule has 0 bridgehead atoms. The Morgan fingerprint density at radius 3 is 2.17 bits per heavy atom. The number of amides is 2. The van der Waals surface area contributed by atoms with Crippen molar-refractivity contribution in [3.8, 4) is 11.5 Å². The number of hydrogen-bond acceptors (Lipinski definition) is 6. The number of sulfonamides is 1. The van der Waals surface area contributed by atoms with Gasteiger partial charge in [0.25, 0.3) is 10.0 Å². The van der Waals surface area contributed by atoms with Crippen LogP contribution in [0.5, 0.6) is 11.5 Å². The second-order valence-electron chi connectivity index (χ2n) is 9.46. The molecule has 0 aromatic heterocycles. The zero-order valence-electron chi connectivity index (χ0n) is 23.5. The summed E-state index contributed by atoms with van der Waals surface area (Å²) in [7, 11) is -2.61. The summed E-state index contributed by atoms with van der Waals surface area (Å²) in [5.41, 5.74) is 1.06. The fourth-order valence-corrected chi connectivity index (χ4v) is 5.49. The molecule has 2 amide bonds. The van der Waals surface area contributed by atoms with Crippen LogP contribution in [0, 0.1) is 0 Å². The number of carbonyl (C=O) groups excluding carboxylic acids is 2. The average Bonchev–Trinajstić information content (AvgIpc) is 2.94. The van der Waals surface area contributed by atoms with E-state index in [2.05, 4.69) is 5.32 Å². The van der Waals surface area contributed by atoms with Gasteiger partial charge < -0.3 is 19.7 Å². The van der Waals surface area contributed by atoms with Gasteiger partial charge in [-0.25, -0.2) is 8.42 Å². The number of nitrogens with zero attached hydrogens (tertiary/aromatic N) is 2. The first-order valence-corrected chi connectivity index (χ1v) is 14.5. The highest BCUT2D eigenvalue weighted by molar-refractivity contribution is 7.92. The average molecular weight is 568 g/mol. The van der Waals surface area contributed by atoms with Crippen molar-refractivity contribution < 1.29 is 27.5 Å². The third-order valence-corrected chi connectivity index (χ3v) is 7.92. The van der Waals surface area contributed by atoms with Crippen LogP contribution >= 0.6 is 0 Å². The van der Waals surface area contributed by atoms with Crippen LogP contribution in [-0.4, -0.2) is 57.5 Å².